The van der Waals surface area contributed by atoms with Crippen LogP contribution in [0.4, 0.5) is 8.78 Å². The molecule has 0 saturated heterocycles. The Labute approximate surface area is 78.9 Å². The monoisotopic (exact) mass is 207 g/mol. The smallest absolute Gasteiger partial charge is 0.177 e. The predicted octanol–water partition coefficient (Wildman–Crippen LogP) is 1.61. The maximum atomic E-state index is 12.7. The summed E-state index contributed by atoms with van der Waals surface area (Å²) in [7, 11) is 0. The second-order valence-corrected chi connectivity index (χ2v) is 2.96. The second kappa shape index (κ2) is 4.00. The van der Waals surface area contributed by atoms with Crippen LogP contribution in [0.5, 0.6) is 0 Å². The first kappa shape index (κ1) is 10.4. The average molecular weight is 208 g/mol. The summed E-state index contributed by atoms with van der Waals surface area (Å²) in [6.07, 6.45) is -1.02. The molecule has 0 heterocycles. The van der Waals surface area contributed by atoms with Crippen molar-refractivity contribution in [2.75, 3.05) is 6.54 Å². The van der Waals surface area contributed by atoms with Gasteiger partial charge in [0.15, 0.2) is 11.6 Å². The lowest BCUT2D eigenvalue weighted by molar-refractivity contribution is 0.186. The molecular formula is C8H8ClF2NO. The molecule has 0 fully saturated rings. The summed E-state index contributed by atoms with van der Waals surface area (Å²) in [6, 6.07) is 2.02. The Morgan fingerprint density at radius 3 is 2.54 bits per heavy atom. The van der Waals surface area contributed by atoms with Gasteiger partial charge in [0.25, 0.3) is 0 Å². The highest BCUT2D eigenvalue weighted by Crippen LogP contribution is 2.23. The van der Waals surface area contributed by atoms with Gasteiger partial charge < -0.3 is 10.8 Å². The summed E-state index contributed by atoms with van der Waals surface area (Å²) >= 11 is 5.35. The number of hydrogen-bond acceptors (Lipinski definition) is 2. The Kier molecular flexibility index (Phi) is 3.19. The molecule has 0 spiro atoms. The molecule has 0 bridgehead atoms. The highest BCUT2D eigenvalue weighted by molar-refractivity contribution is 6.30. The lowest BCUT2D eigenvalue weighted by Gasteiger charge is -2.08. The van der Waals surface area contributed by atoms with Gasteiger partial charge in [0.1, 0.15) is 0 Å². The Morgan fingerprint density at radius 2 is 2.08 bits per heavy atom. The van der Waals surface area contributed by atoms with Crippen molar-refractivity contribution in [3.8, 4) is 0 Å². The Balaban J connectivity index is 3.13. The number of benzene rings is 1. The highest BCUT2D eigenvalue weighted by atomic mass is 35.5. The number of aliphatic hydroxyl groups is 1. The molecular weight excluding hydrogens is 200 g/mol. The topological polar surface area (TPSA) is 46.2 Å². The van der Waals surface area contributed by atoms with Gasteiger partial charge in [0.05, 0.1) is 11.1 Å². The van der Waals surface area contributed by atoms with E-state index in [-0.39, 0.29) is 17.1 Å². The number of rotatable bonds is 2. The van der Waals surface area contributed by atoms with E-state index in [9.17, 15) is 13.9 Å². The van der Waals surface area contributed by atoms with Crippen LogP contribution in [-0.4, -0.2) is 11.7 Å². The van der Waals surface area contributed by atoms with Crippen molar-refractivity contribution in [1.29, 1.82) is 0 Å². The van der Waals surface area contributed by atoms with Gasteiger partial charge in [-0.05, 0) is 17.7 Å². The molecule has 72 valence electrons. The zero-order valence-electron chi connectivity index (χ0n) is 6.60. The first-order valence-electron chi connectivity index (χ1n) is 3.59. The van der Waals surface area contributed by atoms with E-state index >= 15 is 0 Å². The molecule has 2 nitrogen and oxygen atoms in total. The van der Waals surface area contributed by atoms with E-state index in [1.54, 1.807) is 0 Å². The first-order valence-corrected chi connectivity index (χ1v) is 3.96. The normalized spacial score (nSPS) is 13.0. The third-order valence-electron chi connectivity index (χ3n) is 1.61. The molecule has 1 atom stereocenters. The molecule has 1 aromatic carbocycles. The van der Waals surface area contributed by atoms with Gasteiger partial charge in [-0.25, -0.2) is 8.78 Å². The molecule has 3 N–H and O–H groups in total. The molecule has 13 heavy (non-hydrogen) atoms. The lowest BCUT2D eigenvalue weighted by atomic mass is 10.1. The summed E-state index contributed by atoms with van der Waals surface area (Å²) in [5.41, 5.74) is 5.31. The third-order valence-corrected chi connectivity index (χ3v) is 1.89. The zero-order valence-corrected chi connectivity index (χ0v) is 7.35. The van der Waals surface area contributed by atoms with Crippen molar-refractivity contribution in [2.24, 2.45) is 5.73 Å². The van der Waals surface area contributed by atoms with Gasteiger partial charge in [0, 0.05) is 6.54 Å². The van der Waals surface area contributed by atoms with Crippen LogP contribution in [0.15, 0.2) is 12.1 Å². The average Bonchev–Trinajstić information content (AvgIpc) is 2.12. The summed E-state index contributed by atoms with van der Waals surface area (Å²) < 4.78 is 25.4. The lowest BCUT2D eigenvalue weighted by Crippen LogP contribution is -2.12. The van der Waals surface area contributed by atoms with E-state index in [0.717, 1.165) is 12.1 Å². The maximum Gasteiger partial charge on any atom is 0.177 e. The zero-order chi connectivity index (χ0) is 10.0. The van der Waals surface area contributed by atoms with Crippen LogP contribution in [0.3, 0.4) is 0 Å². The number of nitrogens with two attached hydrogens (primary N) is 1. The Morgan fingerprint density at radius 1 is 1.46 bits per heavy atom. The van der Waals surface area contributed by atoms with Crippen LogP contribution >= 0.6 is 11.6 Å². The van der Waals surface area contributed by atoms with Crippen LogP contribution < -0.4 is 5.73 Å². The van der Waals surface area contributed by atoms with Crippen molar-refractivity contribution < 1.29 is 13.9 Å². The van der Waals surface area contributed by atoms with E-state index in [0.29, 0.717) is 0 Å². The number of halogens is 3. The fraction of sp³-hybridized carbons (Fsp3) is 0.250. The van der Waals surface area contributed by atoms with Crippen molar-refractivity contribution in [3.05, 3.63) is 34.4 Å². The van der Waals surface area contributed by atoms with E-state index in [1.807, 2.05) is 0 Å². The molecule has 0 unspecified atom stereocenters. The Bertz CT molecular complexity index is 296. The van der Waals surface area contributed by atoms with Crippen LogP contribution in [0, 0.1) is 11.6 Å². The van der Waals surface area contributed by atoms with Crippen LogP contribution in [0.25, 0.3) is 0 Å². The van der Waals surface area contributed by atoms with E-state index in [1.165, 1.54) is 0 Å². The minimum absolute atomic E-state index is 0.0681. The number of hydrogen-bond donors (Lipinski definition) is 2. The van der Waals surface area contributed by atoms with Gasteiger partial charge >= 0.3 is 0 Å². The minimum atomic E-state index is -1.12. The molecule has 0 amide bonds. The van der Waals surface area contributed by atoms with Crippen LogP contribution in [0.1, 0.15) is 11.7 Å². The molecule has 0 aliphatic carbocycles. The fourth-order valence-electron chi connectivity index (χ4n) is 0.904. The Hall–Kier alpha value is -0.710. The number of aliphatic hydroxyl groups excluding tert-OH is 1. The molecule has 5 heteroatoms. The van der Waals surface area contributed by atoms with Crippen molar-refractivity contribution >= 4 is 11.6 Å². The van der Waals surface area contributed by atoms with E-state index < -0.39 is 17.7 Å². The first-order chi connectivity index (χ1) is 6.06. The summed E-state index contributed by atoms with van der Waals surface area (Å²) in [4.78, 5) is 0. The van der Waals surface area contributed by atoms with Gasteiger partial charge in [-0.2, -0.15) is 0 Å². The maximum absolute atomic E-state index is 12.7. The van der Waals surface area contributed by atoms with Gasteiger partial charge in [0.2, 0.25) is 0 Å². The van der Waals surface area contributed by atoms with E-state index in [2.05, 4.69) is 0 Å². The largest absolute Gasteiger partial charge is 0.387 e. The molecule has 1 rings (SSSR count). The molecule has 0 aliphatic rings. The molecule has 0 aliphatic heterocycles. The van der Waals surface area contributed by atoms with Crippen LogP contribution in [0.2, 0.25) is 5.02 Å². The fourth-order valence-corrected chi connectivity index (χ4v) is 1.12. The summed E-state index contributed by atoms with van der Waals surface area (Å²) in [5, 5.41) is 8.84. The highest BCUT2D eigenvalue weighted by Gasteiger charge is 2.12. The molecule has 0 radical (unpaired) electrons. The summed E-state index contributed by atoms with van der Waals surface area (Å²) in [6.45, 7) is -0.0681. The van der Waals surface area contributed by atoms with Gasteiger partial charge in [-0.15, -0.1) is 0 Å². The second-order valence-electron chi connectivity index (χ2n) is 2.55. The van der Waals surface area contributed by atoms with Crippen LogP contribution in [-0.2, 0) is 0 Å². The third kappa shape index (κ3) is 2.15. The van der Waals surface area contributed by atoms with Crippen molar-refractivity contribution in [2.45, 2.75) is 6.10 Å². The standard InChI is InChI=1S/C8H8ClF2NO/c9-5-1-4(7(13)3-12)2-6(10)8(5)11/h1-2,7,13H,3,12H2/t7-/m0/s1. The van der Waals surface area contributed by atoms with Gasteiger partial charge in [-0.1, -0.05) is 11.6 Å². The predicted molar refractivity (Wildman–Crippen MR) is 45.4 cm³/mol. The van der Waals surface area contributed by atoms with Crippen molar-refractivity contribution in [3.63, 3.8) is 0 Å². The molecule has 1 aromatic rings. The SMILES string of the molecule is NC[C@H](O)c1cc(F)c(F)c(Cl)c1. The van der Waals surface area contributed by atoms with Crippen molar-refractivity contribution in [1.82, 2.24) is 0 Å². The van der Waals surface area contributed by atoms with E-state index in [4.69, 9.17) is 17.3 Å². The summed E-state index contributed by atoms with van der Waals surface area (Å²) in [5.74, 6) is -2.20. The quantitative estimate of drug-likeness (QED) is 0.724. The van der Waals surface area contributed by atoms with Gasteiger partial charge in [-0.3, -0.25) is 0 Å². The molecule has 0 aromatic heterocycles. The minimum Gasteiger partial charge on any atom is -0.387 e. The molecule has 0 saturated carbocycles.